The molecule has 2 atom stereocenters. The van der Waals surface area contributed by atoms with Crippen LogP contribution in [0.4, 0.5) is 0 Å². The van der Waals surface area contributed by atoms with Crippen LogP contribution in [0.5, 0.6) is 0 Å². The first-order valence-corrected chi connectivity index (χ1v) is 27.2. The van der Waals surface area contributed by atoms with Crippen molar-refractivity contribution < 1.29 is 13.4 Å². The summed E-state index contributed by atoms with van der Waals surface area (Å²) in [5.41, 5.74) is 5.71. The van der Waals surface area contributed by atoms with Crippen molar-refractivity contribution in [1.29, 1.82) is 0 Å². The van der Waals surface area contributed by atoms with Crippen LogP contribution in [0.15, 0.2) is 72.8 Å². The van der Waals surface area contributed by atoms with E-state index in [0.29, 0.717) is 5.54 Å². The molecule has 0 N–H and O–H groups in total. The second kappa shape index (κ2) is 18.0. The summed E-state index contributed by atoms with van der Waals surface area (Å²) >= 11 is -3.66. The van der Waals surface area contributed by atoms with Crippen LogP contribution in [0, 0.1) is 0 Å². The molecular weight excluding hydrogens is 639 g/mol. The molecule has 2 unspecified atom stereocenters. The normalized spacial score (nSPS) is 15.7. The zero-order valence-electron chi connectivity index (χ0n) is 26.7. The summed E-state index contributed by atoms with van der Waals surface area (Å²) in [5.74, 6) is 0. The van der Waals surface area contributed by atoms with Crippen molar-refractivity contribution in [1.82, 2.24) is 0 Å². The maximum absolute atomic E-state index is 6.83. The Morgan fingerprint density at radius 1 is 0.558 bits per heavy atom. The van der Waals surface area contributed by atoms with Gasteiger partial charge < -0.3 is 0 Å². The van der Waals surface area contributed by atoms with Crippen molar-refractivity contribution in [3.8, 4) is 11.1 Å². The minimum absolute atomic E-state index is 0.315. The van der Waals surface area contributed by atoms with Gasteiger partial charge in [0.15, 0.2) is 0 Å². The zero-order chi connectivity index (χ0) is 30.5. The van der Waals surface area contributed by atoms with Gasteiger partial charge >= 0.3 is 217 Å². The Morgan fingerprint density at radius 3 is 1.60 bits per heavy atom. The third-order valence-electron chi connectivity index (χ3n) is 9.88. The molecule has 4 rings (SSSR count). The van der Waals surface area contributed by atoms with Gasteiger partial charge in [0.25, 0.3) is 0 Å². The Bertz CT molecular complexity index is 1240. The Morgan fingerprint density at radius 2 is 1.05 bits per heavy atom. The third kappa shape index (κ3) is 9.73. The average molecular weight is 692 g/mol. The van der Waals surface area contributed by atoms with E-state index in [2.05, 4.69) is 86.3 Å². The molecule has 0 spiro atoms. The summed E-state index contributed by atoms with van der Waals surface area (Å²) in [6, 6.07) is 28.0. The standard InChI is InChI=1S/C38H53Si.3ClH.Ti/c1-3-4-5-6-7-8-9-10-11-12-13-14-15-16-17-25-32-39(2,33-26-19-18-20-27-33)38-36-30-23-21-28-34(36)35-29-22-24-31-37(35)38;;;;/h18-24,26-30,38H,3-17,25,32H2,1-2H3;3*1H;/q;;;;+3/p-3. The molecule has 0 saturated carbocycles. The van der Waals surface area contributed by atoms with Crippen molar-refractivity contribution in [2.75, 3.05) is 0 Å². The molecule has 0 aliphatic heterocycles. The van der Waals surface area contributed by atoms with Crippen molar-refractivity contribution in [3.63, 3.8) is 0 Å². The van der Waals surface area contributed by atoms with E-state index >= 15 is 0 Å². The predicted molar refractivity (Wildman–Crippen MR) is 193 cm³/mol. The van der Waals surface area contributed by atoms with Crippen LogP contribution in [-0.4, -0.2) is 8.07 Å². The van der Waals surface area contributed by atoms with E-state index in [-0.39, 0.29) is 0 Å². The number of fused-ring (bicyclic) bond motifs is 3. The topological polar surface area (TPSA) is 0 Å². The summed E-state index contributed by atoms with van der Waals surface area (Å²) in [7, 11) is 18.4. The Kier molecular flexibility index (Phi) is 14.8. The number of hydrogen-bond acceptors (Lipinski definition) is 0. The predicted octanol–water partition coefficient (Wildman–Crippen LogP) is 12.8. The summed E-state index contributed by atoms with van der Waals surface area (Å²) < 4.78 is 1.03. The van der Waals surface area contributed by atoms with Gasteiger partial charge in [-0.1, -0.05) is 64.7 Å². The van der Waals surface area contributed by atoms with E-state index in [1.165, 1.54) is 136 Å². The van der Waals surface area contributed by atoms with E-state index in [1.807, 2.05) is 0 Å². The molecule has 5 heteroatoms. The Labute approximate surface area is 279 Å². The maximum atomic E-state index is 6.83. The second-order valence-corrected chi connectivity index (χ2v) is 29.4. The summed E-state index contributed by atoms with van der Waals surface area (Å²) in [6.45, 7) is 4.90. The van der Waals surface area contributed by atoms with Gasteiger partial charge in [-0.3, -0.25) is 0 Å². The minimum atomic E-state index is -3.66. The molecule has 0 bridgehead atoms. The van der Waals surface area contributed by atoms with Crippen molar-refractivity contribution >= 4 is 45.0 Å². The molecule has 0 fully saturated rings. The van der Waals surface area contributed by atoms with Crippen LogP contribution in [0.2, 0.25) is 12.6 Å². The van der Waals surface area contributed by atoms with Gasteiger partial charge in [-0.05, 0) is 0 Å². The first kappa shape index (κ1) is 35.3. The average Bonchev–Trinajstić information content (AvgIpc) is 3.36. The fourth-order valence-corrected chi connectivity index (χ4v) is 15.8. The van der Waals surface area contributed by atoms with Gasteiger partial charge in [0, 0.05) is 0 Å². The number of hydrogen-bond donors (Lipinski definition) is 0. The van der Waals surface area contributed by atoms with Crippen LogP contribution in [0.1, 0.15) is 126 Å². The molecule has 1 aliphatic carbocycles. The number of benzene rings is 3. The monoisotopic (exact) mass is 690 g/mol. The molecular formula is C38H53Cl3SiTi. The van der Waals surface area contributed by atoms with Gasteiger partial charge in [0.05, 0.1) is 0 Å². The number of unbranched alkanes of at least 4 members (excludes halogenated alkanes) is 15. The first-order chi connectivity index (χ1) is 20.9. The molecule has 0 heterocycles. The molecule has 0 aromatic heterocycles. The molecule has 3 aromatic rings. The van der Waals surface area contributed by atoms with Crippen LogP contribution in [0.25, 0.3) is 11.1 Å². The molecule has 1 aliphatic rings. The molecule has 0 saturated heterocycles. The number of halogens is 3. The number of rotatable bonds is 20. The quantitative estimate of drug-likeness (QED) is 0.0817. The summed E-state index contributed by atoms with van der Waals surface area (Å²) in [4.78, 5) is 0. The fraction of sp³-hybridized carbons (Fsp3) is 0.526. The molecule has 0 amide bonds. The summed E-state index contributed by atoms with van der Waals surface area (Å²) in [6.07, 6.45) is 22.4. The Balaban J connectivity index is 1.33. The van der Waals surface area contributed by atoms with Crippen LogP contribution in [-0.2, 0) is 13.4 Å². The SMILES string of the molecule is CCCCCCCCCCCCCCCCCC[Si](C)(c1ccccc1)C1c2ccccc2-c2ccc[c]([Ti]([Cl])([Cl])[Cl])c21. The van der Waals surface area contributed by atoms with E-state index in [9.17, 15) is 0 Å². The van der Waals surface area contributed by atoms with E-state index < -0.39 is 21.5 Å². The van der Waals surface area contributed by atoms with Crippen molar-refractivity contribution in [2.45, 2.75) is 128 Å². The fourth-order valence-electron chi connectivity index (χ4n) is 7.48. The third-order valence-corrected chi connectivity index (χ3v) is 19.0. The van der Waals surface area contributed by atoms with E-state index in [0.717, 1.165) is 3.87 Å². The van der Waals surface area contributed by atoms with Gasteiger partial charge in [-0.15, -0.1) is 0 Å². The summed E-state index contributed by atoms with van der Waals surface area (Å²) in [5, 5.41) is 1.52. The van der Waals surface area contributed by atoms with Gasteiger partial charge in [-0.2, -0.15) is 0 Å². The van der Waals surface area contributed by atoms with Gasteiger partial charge in [0.2, 0.25) is 0 Å². The van der Waals surface area contributed by atoms with Gasteiger partial charge in [0.1, 0.15) is 0 Å². The van der Waals surface area contributed by atoms with Crippen LogP contribution >= 0.6 is 27.9 Å². The van der Waals surface area contributed by atoms with E-state index in [4.69, 9.17) is 27.9 Å². The van der Waals surface area contributed by atoms with Crippen molar-refractivity contribution in [3.05, 3.63) is 83.9 Å². The molecule has 43 heavy (non-hydrogen) atoms. The van der Waals surface area contributed by atoms with Crippen LogP contribution in [0.3, 0.4) is 0 Å². The molecule has 3 aromatic carbocycles. The second-order valence-electron chi connectivity index (χ2n) is 13.1. The molecule has 234 valence electrons. The van der Waals surface area contributed by atoms with E-state index in [1.54, 1.807) is 0 Å². The zero-order valence-corrected chi connectivity index (χ0v) is 31.5. The van der Waals surface area contributed by atoms with Gasteiger partial charge in [-0.25, -0.2) is 0 Å². The molecule has 0 nitrogen and oxygen atoms in total. The van der Waals surface area contributed by atoms with Crippen LogP contribution < -0.4 is 9.05 Å². The first-order valence-electron chi connectivity index (χ1n) is 17.2. The van der Waals surface area contributed by atoms with Crippen molar-refractivity contribution in [2.24, 2.45) is 0 Å². The molecule has 0 radical (unpaired) electrons. The Hall–Kier alpha value is -0.539.